The van der Waals surface area contributed by atoms with Crippen LogP contribution in [0, 0.1) is 0 Å². The van der Waals surface area contributed by atoms with E-state index >= 15 is 0 Å². The summed E-state index contributed by atoms with van der Waals surface area (Å²) in [6, 6.07) is 3.97. The third kappa shape index (κ3) is 4.46. The third-order valence-electron chi connectivity index (χ3n) is 2.49. The molecule has 0 amide bonds. The van der Waals surface area contributed by atoms with Crippen molar-refractivity contribution in [3.05, 3.63) is 34.1 Å². The molecule has 0 aliphatic rings. The highest BCUT2D eigenvalue weighted by atomic mass is 32.1. The molecule has 6 nitrogen and oxygen atoms in total. The van der Waals surface area contributed by atoms with E-state index < -0.39 is 0 Å². The van der Waals surface area contributed by atoms with Crippen molar-refractivity contribution in [2.75, 3.05) is 13.7 Å². The lowest BCUT2D eigenvalue weighted by atomic mass is 10.3. The number of rotatable bonds is 7. The highest BCUT2D eigenvalue weighted by Gasteiger charge is 2.06. The largest absolute Gasteiger partial charge is 0.469 e. The number of aromatic nitrogens is 2. The lowest BCUT2D eigenvalue weighted by Gasteiger charge is -2.00. The van der Waals surface area contributed by atoms with E-state index in [0.717, 1.165) is 18.0 Å². The second-order valence-corrected chi connectivity index (χ2v) is 5.14. The highest BCUT2D eigenvalue weighted by molar-refractivity contribution is 7.12. The summed E-state index contributed by atoms with van der Waals surface area (Å²) in [6.45, 7) is 1.53. The first-order valence-corrected chi connectivity index (χ1v) is 6.70. The molecule has 2 aromatic rings. The Hall–Kier alpha value is -1.73. The minimum atomic E-state index is -0.210. The Morgan fingerprint density at radius 2 is 2.32 bits per heavy atom. The minimum absolute atomic E-state index is 0.210. The van der Waals surface area contributed by atoms with Gasteiger partial charge in [-0.3, -0.25) is 4.79 Å². The van der Waals surface area contributed by atoms with Gasteiger partial charge in [0.1, 0.15) is 0 Å². The molecule has 19 heavy (non-hydrogen) atoms. The summed E-state index contributed by atoms with van der Waals surface area (Å²) >= 11 is 1.61. The third-order valence-corrected chi connectivity index (χ3v) is 3.57. The lowest BCUT2D eigenvalue weighted by molar-refractivity contribution is -0.139. The molecule has 2 aromatic heterocycles. The van der Waals surface area contributed by atoms with E-state index in [1.807, 2.05) is 12.1 Å². The predicted octanol–water partition coefficient (Wildman–Crippen LogP) is 1.18. The minimum Gasteiger partial charge on any atom is -0.469 e. The number of carbonyl (C=O) groups is 1. The average Bonchev–Trinajstić information content (AvgIpc) is 3.06. The van der Waals surface area contributed by atoms with Crippen molar-refractivity contribution in [3.63, 3.8) is 0 Å². The maximum absolute atomic E-state index is 11.1. The van der Waals surface area contributed by atoms with Crippen LogP contribution in [-0.2, 0) is 28.9 Å². The normalized spacial score (nSPS) is 10.6. The van der Waals surface area contributed by atoms with E-state index in [0.29, 0.717) is 18.7 Å². The molecular weight excluding hydrogens is 266 g/mol. The van der Waals surface area contributed by atoms with Crippen LogP contribution in [0.25, 0.3) is 0 Å². The fraction of sp³-hybridized carbons (Fsp3) is 0.417. The van der Waals surface area contributed by atoms with Crippen LogP contribution < -0.4 is 5.32 Å². The Morgan fingerprint density at radius 1 is 1.47 bits per heavy atom. The number of ether oxygens (including phenoxy) is 1. The summed E-state index contributed by atoms with van der Waals surface area (Å²) in [4.78, 5) is 17.3. The standard InChI is InChI=1S/C12H15N3O3S/c1-17-12(16)6-9-2-3-10(19-9)7-13-5-4-11-14-8-15-18-11/h2-3,8,13H,4-7H2,1H3. The molecule has 0 spiro atoms. The van der Waals surface area contributed by atoms with Crippen molar-refractivity contribution in [2.24, 2.45) is 0 Å². The first-order valence-electron chi connectivity index (χ1n) is 5.88. The van der Waals surface area contributed by atoms with Gasteiger partial charge >= 0.3 is 5.97 Å². The van der Waals surface area contributed by atoms with Gasteiger partial charge in [0, 0.05) is 29.3 Å². The molecule has 0 unspecified atom stereocenters. The molecule has 102 valence electrons. The van der Waals surface area contributed by atoms with Gasteiger partial charge in [-0.15, -0.1) is 11.3 Å². The number of nitrogens with zero attached hydrogens (tertiary/aromatic N) is 2. The van der Waals surface area contributed by atoms with E-state index in [4.69, 9.17) is 4.52 Å². The van der Waals surface area contributed by atoms with Crippen molar-refractivity contribution >= 4 is 17.3 Å². The van der Waals surface area contributed by atoms with Crippen LogP contribution in [0.1, 0.15) is 15.6 Å². The zero-order valence-electron chi connectivity index (χ0n) is 10.6. The van der Waals surface area contributed by atoms with Gasteiger partial charge in [-0.25, -0.2) is 0 Å². The van der Waals surface area contributed by atoms with E-state index in [1.165, 1.54) is 18.3 Å². The zero-order chi connectivity index (χ0) is 13.5. The van der Waals surface area contributed by atoms with Gasteiger partial charge in [0.2, 0.25) is 5.89 Å². The number of hydrogen-bond acceptors (Lipinski definition) is 7. The maximum Gasteiger partial charge on any atom is 0.310 e. The number of methoxy groups -OCH3 is 1. The average molecular weight is 281 g/mol. The Morgan fingerprint density at radius 3 is 3.05 bits per heavy atom. The second-order valence-electron chi connectivity index (χ2n) is 3.88. The number of carbonyl (C=O) groups excluding carboxylic acids is 1. The number of thiophene rings is 1. The molecule has 2 rings (SSSR count). The molecule has 2 heterocycles. The summed E-state index contributed by atoms with van der Waals surface area (Å²) in [6.07, 6.45) is 2.44. The number of esters is 1. The van der Waals surface area contributed by atoms with Gasteiger partial charge in [-0.05, 0) is 12.1 Å². The molecule has 0 aromatic carbocycles. The summed E-state index contributed by atoms with van der Waals surface area (Å²) in [5.41, 5.74) is 0. The molecule has 0 bridgehead atoms. The Bertz CT molecular complexity index is 510. The molecule has 0 saturated heterocycles. The van der Waals surface area contributed by atoms with Crippen LogP contribution in [0.3, 0.4) is 0 Å². The molecule has 0 radical (unpaired) electrons. The molecule has 1 N–H and O–H groups in total. The predicted molar refractivity (Wildman–Crippen MR) is 69.7 cm³/mol. The SMILES string of the molecule is COC(=O)Cc1ccc(CNCCc2ncno2)s1. The monoisotopic (exact) mass is 281 g/mol. The fourth-order valence-corrected chi connectivity index (χ4v) is 2.51. The summed E-state index contributed by atoms with van der Waals surface area (Å²) < 4.78 is 9.53. The van der Waals surface area contributed by atoms with Crippen LogP contribution in [0.5, 0.6) is 0 Å². The summed E-state index contributed by atoms with van der Waals surface area (Å²) in [7, 11) is 1.40. The second kappa shape index (κ2) is 7.01. The van der Waals surface area contributed by atoms with Gasteiger partial charge in [0.05, 0.1) is 13.5 Å². The van der Waals surface area contributed by atoms with E-state index in [1.54, 1.807) is 11.3 Å². The van der Waals surface area contributed by atoms with Gasteiger partial charge in [0.15, 0.2) is 6.33 Å². The van der Waals surface area contributed by atoms with E-state index in [9.17, 15) is 4.79 Å². The Balaban J connectivity index is 1.70. The number of hydrogen-bond donors (Lipinski definition) is 1. The first kappa shape index (κ1) is 13.7. The molecule has 7 heteroatoms. The van der Waals surface area contributed by atoms with Crippen LogP contribution in [0.4, 0.5) is 0 Å². The molecular formula is C12H15N3O3S. The van der Waals surface area contributed by atoms with Gasteiger partial charge in [-0.2, -0.15) is 4.98 Å². The van der Waals surface area contributed by atoms with Crippen LogP contribution in [0.15, 0.2) is 23.0 Å². The summed E-state index contributed by atoms with van der Waals surface area (Å²) in [5.74, 6) is 0.419. The Labute approximate surface area is 114 Å². The Kier molecular flexibility index (Phi) is 5.05. The molecule has 0 atom stereocenters. The van der Waals surface area contributed by atoms with Gasteiger partial charge in [-0.1, -0.05) is 5.16 Å². The van der Waals surface area contributed by atoms with Crippen molar-refractivity contribution in [1.29, 1.82) is 0 Å². The quantitative estimate of drug-likeness (QED) is 0.606. The van der Waals surface area contributed by atoms with Crippen LogP contribution >= 0.6 is 11.3 Å². The highest BCUT2D eigenvalue weighted by Crippen LogP contribution is 2.17. The molecule has 0 aliphatic heterocycles. The van der Waals surface area contributed by atoms with Crippen molar-refractivity contribution in [1.82, 2.24) is 15.5 Å². The van der Waals surface area contributed by atoms with Gasteiger partial charge < -0.3 is 14.6 Å². The fourth-order valence-electron chi connectivity index (χ4n) is 1.54. The van der Waals surface area contributed by atoms with Crippen molar-refractivity contribution in [3.8, 4) is 0 Å². The molecule has 0 aliphatic carbocycles. The van der Waals surface area contributed by atoms with Crippen LogP contribution in [-0.4, -0.2) is 29.8 Å². The topological polar surface area (TPSA) is 77.2 Å². The van der Waals surface area contributed by atoms with Gasteiger partial charge in [0.25, 0.3) is 0 Å². The maximum atomic E-state index is 11.1. The zero-order valence-corrected chi connectivity index (χ0v) is 11.4. The first-order chi connectivity index (χ1) is 9.28. The van der Waals surface area contributed by atoms with Crippen LogP contribution in [0.2, 0.25) is 0 Å². The molecule has 0 fully saturated rings. The molecule has 0 saturated carbocycles. The smallest absolute Gasteiger partial charge is 0.310 e. The summed E-state index contributed by atoms with van der Waals surface area (Å²) in [5, 5.41) is 6.83. The number of nitrogens with one attached hydrogen (secondary N) is 1. The van der Waals surface area contributed by atoms with E-state index in [2.05, 4.69) is 20.2 Å². The van der Waals surface area contributed by atoms with Crippen molar-refractivity contribution in [2.45, 2.75) is 19.4 Å². The van der Waals surface area contributed by atoms with E-state index in [-0.39, 0.29) is 5.97 Å². The lowest BCUT2D eigenvalue weighted by Crippen LogP contribution is -2.16. The van der Waals surface area contributed by atoms with Crippen molar-refractivity contribution < 1.29 is 14.1 Å².